The van der Waals surface area contributed by atoms with Crippen LogP contribution in [-0.4, -0.2) is 16.0 Å². The molecular formula is C46H32N4. The lowest BCUT2D eigenvalue weighted by atomic mass is 9.92. The Labute approximate surface area is 290 Å². The Kier molecular flexibility index (Phi) is 6.59. The van der Waals surface area contributed by atoms with E-state index in [2.05, 4.69) is 168 Å². The summed E-state index contributed by atoms with van der Waals surface area (Å²) in [5.74, 6) is 0. The Morgan fingerprint density at radius 1 is 0.580 bits per heavy atom. The van der Waals surface area contributed by atoms with Gasteiger partial charge in [0.05, 0.1) is 28.5 Å². The molecule has 236 valence electrons. The fourth-order valence-corrected chi connectivity index (χ4v) is 7.49. The summed E-state index contributed by atoms with van der Waals surface area (Å²) in [4.78, 5) is 10.9. The van der Waals surface area contributed by atoms with E-state index in [1.165, 1.54) is 27.5 Å². The molecule has 4 heteroatoms. The van der Waals surface area contributed by atoms with E-state index in [0.29, 0.717) is 0 Å². The van der Waals surface area contributed by atoms with Crippen molar-refractivity contribution in [2.24, 2.45) is 0 Å². The summed E-state index contributed by atoms with van der Waals surface area (Å²) >= 11 is 0. The standard InChI is InChI=1S/C46H32N4/c1-2-11-30(12-3-1)42-26-38(41-23-20-31-13-8-9-17-40(31)48-41)36-21-22-37-39(44-25-33-15-6-7-16-35(33)28-47-44)27-43(50-46(37)45(36)49-42)34-19-18-29-10-4-5-14-32(29)24-34/h1-27,40,47-48H,28H2. The van der Waals surface area contributed by atoms with Crippen molar-refractivity contribution < 1.29 is 0 Å². The Hall–Kier alpha value is -6.52. The maximum absolute atomic E-state index is 5.48. The maximum atomic E-state index is 5.48. The van der Waals surface area contributed by atoms with Crippen LogP contribution in [0.3, 0.4) is 0 Å². The number of aromatic nitrogens is 2. The number of hydrogen-bond donors (Lipinski definition) is 2. The van der Waals surface area contributed by atoms with Crippen molar-refractivity contribution in [1.82, 2.24) is 20.6 Å². The monoisotopic (exact) mass is 640 g/mol. The molecule has 4 nitrogen and oxygen atoms in total. The molecule has 2 aliphatic heterocycles. The minimum Gasteiger partial charge on any atom is -0.380 e. The van der Waals surface area contributed by atoms with Crippen LogP contribution in [0.2, 0.25) is 0 Å². The molecule has 50 heavy (non-hydrogen) atoms. The second kappa shape index (κ2) is 11.6. The summed E-state index contributed by atoms with van der Waals surface area (Å²) in [6.45, 7) is 0.769. The van der Waals surface area contributed by atoms with Gasteiger partial charge in [-0.25, -0.2) is 9.97 Å². The van der Waals surface area contributed by atoms with Gasteiger partial charge in [0.1, 0.15) is 0 Å². The third-order valence-electron chi connectivity index (χ3n) is 10.1. The van der Waals surface area contributed by atoms with E-state index in [1.807, 2.05) is 6.07 Å². The number of benzene rings is 5. The molecule has 1 aliphatic carbocycles. The van der Waals surface area contributed by atoms with Crippen LogP contribution in [0, 0.1) is 0 Å². The van der Waals surface area contributed by atoms with E-state index in [0.717, 1.165) is 73.4 Å². The molecule has 10 rings (SSSR count). The van der Waals surface area contributed by atoms with Crippen LogP contribution >= 0.6 is 0 Å². The van der Waals surface area contributed by atoms with Gasteiger partial charge in [0.2, 0.25) is 0 Å². The second-order valence-electron chi connectivity index (χ2n) is 13.1. The van der Waals surface area contributed by atoms with Crippen LogP contribution in [0.4, 0.5) is 0 Å². The Morgan fingerprint density at radius 3 is 2.14 bits per heavy atom. The quantitative estimate of drug-likeness (QED) is 0.188. The fraction of sp³-hybridized carbons (Fsp3) is 0.0435. The topological polar surface area (TPSA) is 49.8 Å². The summed E-state index contributed by atoms with van der Waals surface area (Å²) in [5.41, 5.74) is 13.9. The molecular weight excluding hydrogens is 609 g/mol. The van der Waals surface area contributed by atoms with E-state index in [4.69, 9.17) is 9.97 Å². The van der Waals surface area contributed by atoms with Crippen LogP contribution in [0.25, 0.3) is 72.6 Å². The highest BCUT2D eigenvalue weighted by molar-refractivity contribution is 6.12. The summed E-state index contributed by atoms with van der Waals surface area (Å²) in [6, 6.07) is 43.2. The number of nitrogens with zero attached hydrogens (tertiary/aromatic N) is 2. The first-order valence-corrected chi connectivity index (χ1v) is 17.2. The first-order chi connectivity index (χ1) is 24.7. The van der Waals surface area contributed by atoms with Gasteiger partial charge in [-0.3, -0.25) is 0 Å². The van der Waals surface area contributed by atoms with Gasteiger partial charge in [0.25, 0.3) is 0 Å². The van der Waals surface area contributed by atoms with Gasteiger partial charge in [-0.15, -0.1) is 0 Å². The lowest BCUT2D eigenvalue weighted by Gasteiger charge is -2.26. The molecule has 3 aliphatic rings. The number of nitrogens with one attached hydrogen (secondary N) is 2. The molecule has 0 bridgehead atoms. The predicted molar refractivity (Wildman–Crippen MR) is 208 cm³/mol. The normalized spacial score (nSPS) is 16.2. The lowest BCUT2D eigenvalue weighted by molar-refractivity contribution is 0.814. The molecule has 1 unspecified atom stereocenters. The van der Waals surface area contributed by atoms with E-state index < -0.39 is 0 Å². The van der Waals surface area contributed by atoms with Crippen molar-refractivity contribution in [1.29, 1.82) is 0 Å². The van der Waals surface area contributed by atoms with E-state index in [9.17, 15) is 0 Å². The minimum absolute atomic E-state index is 0.125. The first-order valence-electron chi connectivity index (χ1n) is 17.2. The molecule has 0 fully saturated rings. The average Bonchev–Trinajstić information content (AvgIpc) is 3.19. The summed E-state index contributed by atoms with van der Waals surface area (Å²) < 4.78 is 0. The van der Waals surface area contributed by atoms with Crippen LogP contribution in [0.15, 0.2) is 163 Å². The molecule has 2 aromatic heterocycles. The molecule has 1 atom stereocenters. The van der Waals surface area contributed by atoms with E-state index >= 15 is 0 Å². The second-order valence-corrected chi connectivity index (χ2v) is 13.1. The van der Waals surface area contributed by atoms with Crippen molar-refractivity contribution >= 4 is 50.0 Å². The zero-order valence-electron chi connectivity index (χ0n) is 27.3. The molecule has 0 saturated carbocycles. The molecule has 0 saturated heterocycles. The summed E-state index contributed by atoms with van der Waals surface area (Å²) in [7, 11) is 0. The SMILES string of the molecule is C1=CC2=CC=C(c3cc(-c4ccccc4)nc4c3ccc3c(C5=Cc6ccccc6CN5)cc(-c5ccc6ccccc6c5)nc34)NC2C=C1. The molecule has 2 N–H and O–H groups in total. The third-order valence-corrected chi connectivity index (χ3v) is 10.1. The largest absolute Gasteiger partial charge is 0.380 e. The molecule has 7 aromatic rings. The van der Waals surface area contributed by atoms with Crippen LogP contribution in [-0.2, 0) is 6.54 Å². The number of fused-ring (bicyclic) bond motifs is 6. The molecule has 0 spiro atoms. The minimum atomic E-state index is 0.125. The Bertz CT molecular complexity index is 2680. The highest BCUT2D eigenvalue weighted by atomic mass is 14.9. The van der Waals surface area contributed by atoms with Gasteiger partial charge in [-0.05, 0) is 57.8 Å². The lowest BCUT2D eigenvalue weighted by Crippen LogP contribution is -2.30. The number of pyridine rings is 2. The predicted octanol–water partition coefficient (Wildman–Crippen LogP) is 10.2. The summed E-state index contributed by atoms with van der Waals surface area (Å²) in [5, 5.41) is 12.1. The highest BCUT2D eigenvalue weighted by Gasteiger charge is 2.22. The van der Waals surface area contributed by atoms with Crippen molar-refractivity contribution in [3.63, 3.8) is 0 Å². The highest BCUT2D eigenvalue weighted by Crippen LogP contribution is 2.38. The van der Waals surface area contributed by atoms with Gasteiger partial charge >= 0.3 is 0 Å². The van der Waals surface area contributed by atoms with Gasteiger partial charge in [0.15, 0.2) is 0 Å². The first kappa shape index (κ1) is 28.5. The van der Waals surface area contributed by atoms with Crippen molar-refractivity contribution in [3.8, 4) is 22.5 Å². The third kappa shape index (κ3) is 4.84. The van der Waals surface area contributed by atoms with E-state index in [-0.39, 0.29) is 6.04 Å². The van der Waals surface area contributed by atoms with Crippen LogP contribution in [0.1, 0.15) is 22.3 Å². The smallest absolute Gasteiger partial charge is 0.0979 e. The van der Waals surface area contributed by atoms with Gasteiger partial charge in [-0.2, -0.15) is 0 Å². The molecule has 0 radical (unpaired) electrons. The zero-order chi connectivity index (χ0) is 33.0. The number of allylic oxidation sites excluding steroid dienone is 4. The molecule has 0 amide bonds. The summed E-state index contributed by atoms with van der Waals surface area (Å²) in [6.07, 6.45) is 15.3. The zero-order valence-corrected chi connectivity index (χ0v) is 27.3. The molecule has 5 aromatic carbocycles. The number of dihydropyridines is 1. The van der Waals surface area contributed by atoms with Gasteiger partial charge in [-0.1, -0.05) is 134 Å². The number of hydrogen-bond acceptors (Lipinski definition) is 4. The Morgan fingerprint density at radius 2 is 1.30 bits per heavy atom. The van der Waals surface area contributed by atoms with Crippen molar-refractivity contribution in [2.75, 3.05) is 0 Å². The maximum Gasteiger partial charge on any atom is 0.0979 e. The van der Waals surface area contributed by atoms with Crippen LogP contribution < -0.4 is 10.6 Å². The van der Waals surface area contributed by atoms with Crippen molar-refractivity contribution in [3.05, 3.63) is 186 Å². The average molecular weight is 641 g/mol. The van der Waals surface area contributed by atoms with Gasteiger partial charge < -0.3 is 10.6 Å². The number of rotatable bonds is 4. The van der Waals surface area contributed by atoms with Crippen LogP contribution in [0.5, 0.6) is 0 Å². The van der Waals surface area contributed by atoms with E-state index in [1.54, 1.807) is 0 Å². The Balaban J connectivity index is 1.27. The fourth-order valence-electron chi connectivity index (χ4n) is 7.49. The molecule has 4 heterocycles. The van der Waals surface area contributed by atoms with Gasteiger partial charge in [0, 0.05) is 51.0 Å². The van der Waals surface area contributed by atoms with Crippen molar-refractivity contribution in [2.45, 2.75) is 12.6 Å².